The first kappa shape index (κ1) is 24.3. The number of amides is 2. The zero-order valence-corrected chi connectivity index (χ0v) is 19.3. The summed E-state index contributed by atoms with van der Waals surface area (Å²) in [4.78, 5) is 35.3. The van der Waals surface area contributed by atoms with Crippen LogP contribution in [0.3, 0.4) is 0 Å². The summed E-state index contributed by atoms with van der Waals surface area (Å²) in [7, 11) is 0. The number of fused-ring (bicyclic) bond motifs is 3. The molecule has 0 saturated carbocycles. The fourth-order valence-electron chi connectivity index (χ4n) is 4.19. The van der Waals surface area contributed by atoms with Crippen LogP contribution in [-0.4, -0.2) is 41.8 Å². The fourth-order valence-corrected chi connectivity index (χ4v) is 4.19. The van der Waals surface area contributed by atoms with Gasteiger partial charge >= 0.3 is 12.1 Å². The SMILES string of the molecule is CC(CCCC(C)C(=O)N[C@H](C)C(=O)O)NC(=O)OCC1c2ccccc2-c2ccccc21. The van der Waals surface area contributed by atoms with Gasteiger partial charge in [0.15, 0.2) is 0 Å². The predicted octanol–water partition coefficient (Wildman–Crippen LogP) is 4.31. The van der Waals surface area contributed by atoms with Gasteiger partial charge in [0.1, 0.15) is 12.6 Å². The number of alkyl carbamates (subject to hydrolysis) is 1. The topological polar surface area (TPSA) is 105 Å². The second kappa shape index (κ2) is 11.0. The molecule has 2 unspecified atom stereocenters. The summed E-state index contributed by atoms with van der Waals surface area (Å²) in [5.41, 5.74) is 4.71. The van der Waals surface area contributed by atoms with Gasteiger partial charge in [0, 0.05) is 17.9 Å². The van der Waals surface area contributed by atoms with E-state index < -0.39 is 18.1 Å². The summed E-state index contributed by atoms with van der Waals surface area (Å²) in [6.45, 7) is 5.38. The molecule has 33 heavy (non-hydrogen) atoms. The van der Waals surface area contributed by atoms with E-state index in [1.54, 1.807) is 6.92 Å². The molecule has 1 aliphatic carbocycles. The van der Waals surface area contributed by atoms with Gasteiger partial charge in [-0.3, -0.25) is 9.59 Å². The molecule has 176 valence electrons. The van der Waals surface area contributed by atoms with Crippen LogP contribution in [0.15, 0.2) is 48.5 Å². The van der Waals surface area contributed by atoms with Crippen molar-refractivity contribution >= 4 is 18.0 Å². The molecule has 0 bridgehead atoms. The number of nitrogens with one attached hydrogen (secondary N) is 2. The maximum atomic E-state index is 12.4. The number of carbonyl (C=O) groups is 3. The van der Waals surface area contributed by atoms with Crippen molar-refractivity contribution in [3.05, 3.63) is 59.7 Å². The Balaban J connectivity index is 1.42. The quantitative estimate of drug-likeness (QED) is 0.498. The molecule has 2 aromatic rings. The first-order valence-electron chi connectivity index (χ1n) is 11.4. The summed E-state index contributed by atoms with van der Waals surface area (Å²) in [6, 6.07) is 15.4. The smallest absolute Gasteiger partial charge is 0.407 e. The minimum atomic E-state index is -1.06. The van der Waals surface area contributed by atoms with E-state index in [0.29, 0.717) is 12.8 Å². The van der Waals surface area contributed by atoms with Crippen molar-refractivity contribution < 1.29 is 24.2 Å². The van der Waals surface area contributed by atoms with E-state index in [-0.39, 0.29) is 30.4 Å². The molecule has 2 aromatic carbocycles. The number of carboxylic acid groups (broad SMARTS) is 1. The van der Waals surface area contributed by atoms with Crippen LogP contribution in [0.25, 0.3) is 11.1 Å². The molecule has 2 amide bonds. The Hall–Kier alpha value is -3.35. The minimum Gasteiger partial charge on any atom is -0.480 e. The van der Waals surface area contributed by atoms with E-state index >= 15 is 0 Å². The number of hydrogen-bond acceptors (Lipinski definition) is 4. The van der Waals surface area contributed by atoms with Crippen LogP contribution in [0.1, 0.15) is 57.1 Å². The molecule has 7 heteroatoms. The molecule has 0 aromatic heterocycles. The van der Waals surface area contributed by atoms with E-state index in [1.807, 2.05) is 31.2 Å². The van der Waals surface area contributed by atoms with Gasteiger partial charge < -0.3 is 20.5 Å². The lowest BCUT2D eigenvalue weighted by atomic mass is 9.98. The largest absolute Gasteiger partial charge is 0.480 e. The zero-order chi connectivity index (χ0) is 24.0. The Morgan fingerprint density at radius 3 is 2.06 bits per heavy atom. The summed E-state index contributed by atoms with van der Waals surface area (Å²) in [5, 5.41) is 14.2. The van der Waals surface area contributed by atoms with E-state index in [4.69, 9.17) is 9.84 Å². The molecule has 3 atom stereocenters. The lowest BCUT2D eigenvalue weighted by Gasteiger charge is -2.18. The molecule has 3 N–H and O–H groups in total. The maximum absolute atomic E-state index is 12.4. The molecular formula is C26H32N2O5. The Labute approximate surface area is 194 Å². The summed E-state index contributed by atoms with van der Waals surface area (Å²) in [5.74, 6) is -1.61. The highest BCUT2D eigenvalue weighted by Crippen LogP contribution is 2.44. The van der Waals surface area contributed by atoms with Crippen LogP contribution >= 0.6 is 0 Å². The molecule has 7 nitrogen and oxygen atoms in total. The molecule has 0 aliphatic heterocycles. The van der Waals surface area contributed by atoms with Gasteiger partial charge in [-0.05, 0) is 48.9 Å². The first-order chi connectivity index (χ1) is 15.8. The number of carboxylic acids is 1. The van der Waals surface area contributed by atoms with Gasteiger partial charge in [-0.15, -0.1) is 0 Å². The highest BCUT2D eigenvalue weighted by molar-refractivity contribution is 5.84. The summed E-state index contributed by atoms with van der Waals surface area (Å²) in [6.07, 6.45) is 1.57. The first-order valence-corrected chi connectivity index (χ1v) is 11.4. The number of aliphatic carboxylic acids is 1. The lowest BCUT2D eigenvalue weighted by molar-refractivity contribution is -0.141. The van der Waals surface area contributed by atoms with Gasteiger partial charge in [0.05, 0.1) is 0 Å². The van der Waals surface area contributed by atoms with E-state index in [0.717, 1.165) is 6.42 Å². The Morgan fingerprint density at radius 2 is 1.48 bits per heavy atom. The van der Waals surface area contributed by atoms with Crippen LogP contribution in [0.5, 0.6) is 0 Å². The second-order valence-electron chi connectivity index (χ2n) is 8.77. The Kier molecular flexibility index (Phi) is 8.09. The fraction of sp³-hybridized carbons (Fsp3) is 0.423. The van der Waals surface area contributed by atoms with Gasteiger partial charge in [-0.1, -0.05) is 61.9 Å². The highest BCUT2D eigenvalue weighted by atomic mass is 16.5. The number of carbonyl (C=O) groups excluding carboxylic acids is 2. The Bertz CT molecular complexity index is 960. The van der Waals surface area contributed by atoms with Crippen LogP contribution in [0, 0.1) is 5.92 Å². The van der Waals surface area contributed by atoms with Crippen molar-refractivity contribution in [3.63, 3.8) is 0 Å². The average molecular weight is 453 g/mol. The number of hydrogen-bond donors (Lipinski definition) is 3. The monoisotopic (exact) mass is 452 g/mol. The van der Waals surface area contributed by atoms with Crippen LogP contribution in [-0.2, 0) is 14.3 Å². The molecule has 0 radical (unpaired) electrons. The lowest BCUT2D eigenvalue weighted by Crippen LogP contribution is -2.41. The van der Waals surface area contributed by atoms with Crippen LogP contribution < -0.4 is 10.6 Å². The van der Waals surface area contributed by atoms with Crippen molar-refractivity contribution in [2.45, 2.75) is 58.0 Å². The van der Waals surface area contributed by atoms with Crippen molar-refractivity contribution in [3.8, 4) is 11.1 Å². The summed E-state index contributed by atoms with van der Waals surface area (Å²) < 4.78 is 5.57. The predicted molar refractivity (Wildman–Crippen MR) is 126 cm³/mol. The van der Waals surface area contributed by atoms with E-state index in [1.165, 1.54) is 29.2 Å². The van der Waals surface area contributed by atoms with Gasteiger partial charge in [0.2, 0.25) is 5.91 Å². The minimum absolute atomic E-state index is 0.0195. The molecular weight excluding hydrogens is 420 g/mol. The molecule has 0 spiro atoms. The van der Waals surface area contributed by atoms with Gasteiger partial charge in [-0.25, -0.2) is 4.79 Å². The van der Waals surface area contributed by atoms with E-state index in [9.17, 15) is 14.4 Å². The maximum Gasteiger partial charge on any atom is 0.407 e. The summed E-state index contributed by atoms with van der Waals surface area (Å²) >= 11 is 0. The third-order valence-electron chi connectivity index (χ3n) is 6.16. The molecule has 0 fully saturated rings. The van der Waals surface area contributed by atoms with Crippen LogP contribution in [0.2, 0.25) is 0 Å². The average Bonchev–Trinajstić information content (AvgIpc) is 3.11. The standard InChI is InChI=1S/C26H32N2O5/c1-16(24(29)28-18(3)25(30)31)9-8-10-17(2)27-26(32)33-15-23-21-13-6-4-11-19(21)20-12-5-7-14-22(20)23/h4-7,11-14,16-18,23H,8-10,15H2,1-3H3,(H,27,32)(H,28,29)(H,30,31)/t16?,17?,18-/m1/s1. The number of benzene rings is 2. The highest BCUT2D eigenvalue weighted by Gasteiger charge is 2.29. The zero-order valence-electron chi connectivity index (χ0n) is 19.3. The third kappa shape index (κ3) is 6.12. The number of rotatable bonds is 10. The normalized spacial score (nSPS) is 15.0. The molecule has 1 aliphatic rings. The second-order valence-corrected chi connectivity index (χ2v) is 8.77. The van der Waals surface area contributed by atoms with Crippen LogP contribution in [0.4, 0.5) is 4.79 Å². The Morgan fingerprint density at radius 1 is 0.909 bits per heavy atom. The number of ether oxygens (including phenoxy) is 1. The van der Waals surface area contributed by atoms with Crippen molar-refractivity contribution in [2.24, 2.45) is 5.92 Å². The van der Waals surface area contributed by atoms with Crippen molar-refractivity contribution in [2.75, 3.05) is 6.61 Å². The van der Waals surface area contributed by atoms with Crippen molar-refractivity contribution in [1.82, 2.24) is 10.6 Å². The van der Waals surface area contributed by atoms with Gasteiger partial charge in [0.25, 0.3) is 0 Å². The van der Waals surface area contributed by atoms with Crippen molar-refractivity contribution in [1.29, 1.82) is 0 Å². The molecule has 0 heterocycles. The third-order valence-corrected chi connectivity index (χ3v) is 6.16. The van der Waals surface area contributed by atoms with Gasteiger partial charge in [-0.2, -0.15) is 0 Å². The van der Waals surface area contributed by atoms with E-state index in [2.05, 4.69) is 34.9 Å². The molecule has 3 rings (SSSR count). The molecule has 0 saturated heterocycles.